The first-order chi connectivity index (χ1) is 6.93. The predicted molar refractivity (Wildman–Crippen MR) is 60.5 cm³/mol. The van der Waals surface area contributed by atoms with Crippen molar-refractivity contribution in [3.05, 3.63) is 0 Å². The summed E-state index contributed by atoms with van der Waals surface area (Å²) >= 11 is 0. The lowest BCUT2D eigenvalue weighted by Crippen LogP contribution is -2.42. The lowest BCUT2D eigenvalue weighted by molar-refractivity contribution is -0.133. The molecule has 0 spiro atoms. The molecule has 1 aliphatic carbocycles. The van der Waals surface area contributed by atoms with Gasteiger partial charge in [0.15, 0.2) is 0 Å². The van der Waals surface area contributed by atoms with Crippen LogP contribution < -0.4 is 0 Å². The average molecular weight is 213 g/mol. The van der Waals surface area contributed by atoms with Gasteiger partial charge in [0, 0.05) is 20.0 Å². The third-order valence-corrected chi connectivity index (χ3v) is 3.07. The van der Waals surface area contributed by atoms with Crippen molar-refractivity contribution in [2.75, 3.05) is 13.6 Å². The Kier molecular flexibility index (Phi) is 4.14. The maximum Gasteiger partial charge on any atom is 0.222 e. The molecule has 0 heterocycles. The number of likely N-dealkylation sites (N-methyl/N-ethyl adjacent to an activating group) is 1. The molecular formula is C12H23NO2. The van der Waals surface area contributed by atoms with E-state index in [1.54, 1.807) is 11.9 Å². The van der Waals surface area contributed by atoms with Gasteiger partial charge in [-0.25, -0.2) is 0 Å². The summed E-state index contributed by atoms with van der Waals surface area (Å²) in [4.78, 5) is 13.4. The van der Waals surface area contributed by atoms with Crippen molar-refractivity contribution < 1.29 is 9.90 Å². The number of rotatable bonds is 4. The molecule has 0 aromatic rings. The topological polar surface area (TPSA) is 40.5 Å². The van der Waals surface area contributed by atoms with Crippen molar-refractivity contribution in [1.29, 1.82) is 0 Å². The molecule has 1 rings (SSSR count). The number of carbonyl (C=O) groups is 1. The molecule has 0 bridgehead atoms. The van der Waals surface area contributed by atoms with E-state index >= 15 is 0 Å². The first-order valence-corrected chi connectivity index (χ1v) is 5.89. The third kappa shape index (κ3) is 3.82. The first-order valence-electron chi connectivity index (χ1n) is 5.89. The minimum Gasteiger partial charge on any atom is -0.388 e. The molecule has 0 saturated heterocycles. The van der Waals surface area contributed by atoms with Gasteiger partial charge in [0.2, 0.25) is 5.91 Å². The van der Waals surface area contributed by atoms with Crippen LogP contribution in [0, 0.1) is 5.92 Å². The van der Waals surface area contributed by atoms with Crippen LogP contribution >= 0.6 is 0 Å². The van der Waals surface area contributed by atoms with E-state index in [1.807, 2.05) is 13.8 Å². The van der Waals surface area contributed by atoms with Crippen LogP contribution in [-0.2, 0) is 4.79 Å². The highest BCUT2D eigenvalue weighted by Gasteiger charge is 2.33. The highest BCUT2D eigenvalue weighted by Crippen LogP contribution is 2.30. The number of hydrogen-bond acceptors (Lipinski definition) is 2. The van der Waals surface area contributed by atoms with E-state index in [-0.39, 0.29) is 5.91 Å². The molecule has 1 amide bonds. The molecule has 1 N–H and O–H groups in total. The molecule has 0 aromatic carbocycles. The first kappa shape index (κ1) is 12.5. The molecule has 3 nitrogen and oxygen atoms in total. The molecule has 1 saturated carbocycles. The minimum atomic E-state index is -0.610. The van der Waals surface area contributed by atoms with Gasteiger partial charge < -0.3 is 10.0 Å². The summed E-state index contributed by atoms with van der Waals surface area (Å²) < 4.78 is 0. The van der Waals surface area contributed by atoms with Gasteiger partial charge in [0.1, 0.15) is 0 Å². The number of carbonyl (C=O) groups excluding carboxylic acids is 1. The second-order valence-electron chi connectivity index (χ2n) is 5.28. The minimum absolute atomic E-state index is 0.144. The fraction of sp³-hybridized carbons (Fsp3) is 0.917. The van der Waals surface area contributed by atoms with Gasteiger partial charge in [0.05, 0.1) is 5.60 Å². The van der Waals surface area contributed by atoms with Gasteiger partial charge in [-0.05, 0) is 18.8 Å². The molecule has 15 heavy (non-hydrogen) atoms. The van der Waals surface area contributed by atoms with Crippen LogP contribution in [0.15, 0.2) is 0 Å². The quantitative estimate of drug-likeness (QED) is 0.773. The van der Waals surface area contributed by atoms with E-state index < -0.39 is 5.60 Å². The molecule has 0 atom stereocenters. The van der Waals surface area contributed by atoms with Crippen molar-refractivity contribution in [3.8, 4) is 0 Å². The van der Waals surface area contributed by atoms with E-state index in [9.17, 15) is 9.90 Å². The Hall–Kier alpha value is -0.570. The molecule has 0 aromatic heterocycles. The van der Waals surface area contributed by atoms with Gasteiger partial charge in [-0.1, -0.05) is 26.7 Å². The Balaban J connectivity index is 2.40. The van der Waals surface area contributed by atoms with Crippen LogP contribution in [0.1, 0.15) is 46.0 Å². The number of aliphatic hydroxyl groups is 1. The van der Waals surface area contributed by atoms with Gasteiger partial charge >= 0.3 is 0 Å². The Morgan fingerprint density at radius 1 is 1.40 bits per heavy atom. The smallest absolute Gasteiger partial charge is 0.222 e. The maximum atomic E-state index is 11.7. The van der Waals surface area contributed by atoms with Crippen molar-refractivity contribution in [1.82, 2.24) is 4.90 Å². The molecule has 0 aliphatic heterocycles. The van der Waals surface area contributed by atoms with Crippen LogP contribution in [0.5, 0.6) is 0 Å². The lowest BCUT2D eigenvalue weighted by atomic mass is 10.0. The SMILES string of the molecule is CC(C)CC(=O)N(C)CC1(O)CCCC1. The van der Waals surface area contributed by atoms with Crippen molar-refractivity contribution in [2.45, 2.75) is 51.6 Å². The van der Waals surface area contributed by atoms with Gasteiger partial charge in [-0.15, -0.1) is 0 Å². The highest BCUT2D eigenvalue weighted by molar-refractivity contribution is 5.76. The summed E-state index contributed by atoms with van der Waals surface area (Å²) in [5, 5.41) is 10.2. The summed E-state index contributed by atoms with van der Waals surface area (Å²) in [5.41, 5.74) is -0.610. The summed E-state index contributed by atoms with van der Waals surface area (Å²) in [5.74, 6) is 0.531. The van der Waals surface area contributed by atoms with Crippen molar-refractivity contribution in [2.24, 2.45) is 5.92 Å². The molecule has 0 radical (unpaired) electrons. The summed E-state index contributed by atoms with van der Waals surface area (Å²) in [6.07, 6.45) is 4.43. The van der Waals surface area contributed by atoms with Crippen molar-refractivity contribution >= 4 is 5.91 Å². The molecule has 3 heteroatoms. The van der Waals surface area contributed by atoms with Crippen LogP contribution in [0.4, 0.5) is 0 Å². The highest BCUT2D eigenvalue weighted by atomic mass is 16.3. The van der Waals surface area contributed by atoms with Crippen LogP contribution in [0.25, 0.3) is 0 Å². The molecule has 0 unspecified atom stereocenters. The molecule has 1 aliphatic rings. The summed E-state index contributed by atoms with van der Waals surface area (Å²) in [6.45, 7) is 4.57. The standard InChI is InChI=1S/C12H23NO2/c1-10(2)8-11(14)13(3)9-12(15)6-4-5-7-12/h10,15H,4-9H2,1-3H3. The molecule has 88 valence electrons. The average Bonchev–Trinajstić information content (AvgIpc) is 2.50. The van der Waals surface area contributed by atoms with Crippen LogP contribution in [-0.4, -0.2) is 35.1 Å². The molecule has 1 fully saturated rings. The van der Waals surface area contributed by atoms with Crippen LogP contribution in [0.2, 0.25) is 0 Å². The maximum absolute atomic E-state index is 11.7. The molecular weight excluding hydrogens is 190 g/mol. The fourth-order valence-electron chi connectivity index (χ4n) is 2.23. The largest absolute Gasteiger partial charge is 0.388 e. The van der Waals surface area contributed by atoms with E-state index in [0.29, 0.717) is 18.9 Å². The lowest BCUT2D eigenvalue weighted by Gasteiger charge is -2.29. The summed E-state index contributed by atoms with van der Waals surface area (Å²) in [7, 11) is 1.79. The third-order valence-electron chi connectivity index (χ3n) is 3.07. The zero-order valence-corrected chi connectivity index (χ0v) is 10.1. The normalized spacial score (nSPS) is 19.5. The Labute approximate surface area is 92.5 Å². The van der Waals surface area contributed by atoms with E-state index in [1.165, 1.54) is 0 Å². The Bertz CT molecular complexity index is 220. The van der Waals surface area contributed by atoms with Gasteiger partial charge in [0.25, 0.3) is 0 Å². The second-order valence-corrected chi connectivity index (χ2v) is 5.28. The van der Waals surface area contributed by atoms with Gasteiger partial charge in [-0.3, -0.25) is 4.79 Å². The Morgan fingerprint density at radius 2 is 1.93 bits per heavy atom. The second kappa shape index (κ2) is 4.97. The van der Waals surface area contributed by atoms with Crippen LogP contribution in [0.3, 0.4) is 0 Å². The monoisotopic (exact) mass is 213 g/mol. The van der Waals surface area contributed by atoms with E-state index in [0.717, 1.165) is 25.7 Å². The Morgan fingerprint density at radius 3 is 2.40 bits per heavy atom. The number of amides is 1. The van der Waals surface area contributed by atoms with E-state index in [2.05, 4.69) is 0 Å². The zero-order valence-electron chi connectivity index (χ0n) is 10.1. The number of nitrogens with zero attached hydrogens (tertiary/aromatic N) is 1. The van der Waals surface area contributed by atoms with Gasteiger partial charge in [-0.2, -0.15) is 0 Å². The zero-order chi connectivity index (χ0) is 11.5. The number of hydrogen-bond donors (Lipinski definition) is 1. The van der Waals surface area contributed by atoms with Crippen molar-refractivity contribution in [3.63, 3.8) is 0 Å². The fourth-order valence-corrected chi connectivity index (χ4v) is 2.23. The summed E-state index contributed by atoms with van der Waals surface area (Å²) in [6, 6.07) is 0. The van der Waals surface area contributed by atoms with E-state index in [4.69, 9.17) is 0 Å². The predicted octanol–water partition coefficient (Wildman–Crippen LogP) is 1.80.